The molecule has 2 N–H and O–H groups in total. The van der Waals surface area contributed by atoms with Gasteiger partial charge in [0.15, 0.2) is 11.6 Å². The van der Waals surface area contributed by atoms with Gasteiger partial charge in [-0.15, -0.1) is 0 Å². The summed E-state index contributed by atoms with van der Waals surface area (Å²) in [4.78, 5) is 0. The van der Waals surface area contributed by atoms with E-state index in [4.69, 9.17) is 22.1 Å². The predicted molar refractivity (Wildman–Crippen MR) is 74.8 cm³/mol. The molecule has 0 aliphatic rings. The summed E-state index contributed by atoms with van der Waals surface area (Å²) in [6.07, 6.45) is 0. The molecule has 0 bridgehead atoms. The second-order valence-electron chi connectivity index (χ2n) is 4.37. The topological polar surface area (TPSA) is 35.2 Å². The van der Waals surface area contributed by atoms with E-state index in [0.29, 0.717) is 10.6 Å². The summed E-state index contributed by atoms with van der Waals surface area (Å²) in [7, 11) is 0. The maximum atomic E-state index is 13.8. The Hall–Kier alpha value is -1.58. The van der Waals surface area contributed by atoms with Crippen molar-refractivity contribution in [1.82, 2.24) is 0 Å². The fourth-order valence-corrected chi connectivity index (χ4v) is 2.03. The summed E-state index contributed by atoms with van der Waals surface area (Å²) in [6, 6.07) is 11.7. The zero-order valence-electron chi connectivity index (χ0n) is 10.6. The SMILES string of the molecule is CC(N)c1cccc(F)c1OCc1cccc(Cl)c1. The van der Waals surface area contributed by atoms with E-state index >= 15 is 0 Å². The van der Waals surface area contributed by atoms with E-state index in [1.807, 2.05) is 12.1 Å². The Morgan fingerprint density at radius 3 is 2.68 bits per heavy atom. The van der Waals surface area contributed by atoms with Crippen molar-refractivity contribution in [2.75, 3.05) is 0 Å². The van der Waals surface area contributed by atoms with Crippen LogP contribution in [-0.2, 0) is 6.61 Å². The molecule has 2 aromatic carbocycles. The van der Waals surface area contributed by atoms with Crippen LogP contribution in [0.2, 0.25) is 5.02 Å². The lowest BCUT2D eigenvalue weighted by Crippen LogP contribution is -2.09. The number of para-hydroxylation sites is 1. The maximum Gasteiger partial charge on any atom is 0.165 e. The molecule has 0 aromatic heterocycles. The van der Waals surface area contributed by atoms with Gasteiger partial charge in [-0.2, -0.15) is 0 Å². The van der Waals surface area contributed by atoms with Gasteiger partial charge in [0.1, 0.15) is 6.61 Å². The Morgan fingerprint density at radius 2 is 2.00 bits per heavy atom. The van der Waals surface area contributed by atoms with Gasteiger partial charge in [-0.05, 0) is 30.7 Å². The van der Waals surface area contributed by atoms with Crippen molar-refractivity contribution in [3.63, 3.8) is 0 Å². The second-order valence-corrected chi connectivity index (χ2v) is 4.80. The van der Waals surface area contributed by atoms with Crippen molar-refractivity contribution in [2.45, 2.75) is 19.6 Å². The Kier molecular flexibility index (Phi) is 4.40. The predicted octanol–water partition coefficient (Wildman–Crippen LogP) is 4.08. The summed E-state index contributed by atoms with van der Waals surface area (Å²) in [5, 5.41) is 0.627. The molecule has 0 amide bonds. The van der Waals surface area contributed by atoms with Gasteiger partial charge in [0.05, 0.1) is 0 Å². The number of hydrogen-bond acceptors (Lipinski definition) is 2. The van der Waals surface area contributed by atoms with Crippen molar-refractivity contribution in [2.24, 2.45) is 5.73 Å². The average Bonchev–Trinajstić information content (AvgIpc) is 2.37. The van der Waals surface area contributed by atoms with Gasteiger partial charge in [-0.3, -0.25) is 0 Å². The molecule has 100 valence electrons. The highest BCUT2D eigenvalue weighted by Gasteiger charge is 2.13. The van der Waals surface area contributed by atoms with Crippen LogP contribution in [0.1, 0.15) is 24.1 Å². The first-order valence-corrected chi connectivity index (χ1v) is 6.37. The molecule has 0 heterocycles. The molecule has 2 nitrogen and oxygen atoms in total. The van der Waals surface area contributed by atoms with Crippen LogP contribution >= 0.6 is 11.6 Å². The van der Waals surface area contributed by atoms with E-state index in [2.05, 4.69) is 0 Å². The van der Waals surface area contributed by atoms with Gasteiger partial charge in [0.25, 0.3) is 0 Å². The summed E-state index contributed by atoms with van der Waals surface area (Å²) < 4.78 is 19.3. The highest BCUT2D eigenvalue weighted by molar-refractivity contribution is 6.30. The summed E-state index contributed by atoms with van der Waals surface area (Å²) in [5.74, 6) is -0.200. The van der Waals surface area contributed by atoms with Gasteiger partial charge in [-0.25, -0.2) is 4.39 Å². The van der Waals surface area contributed by atoms with Crippen LogP contribution in [0.15, 0.2) is 42.5 Å². The van der Waals surface area contributed by atoms with Gasteiger partial charge in [0, 0.05) is 16.6 Å². The second kappa shape index (κ2) is 6.04. The van der Waals surface area contributed by atoms with Crippen LogP contribution in [0.5, 0.6) is 5.75 Å². The van der Waals surface area contributed by atoms with Gasteiger partial charge >= 0.3 is 0 Å². The normalized spacial score (nSPS) is 12.2. The van der Waals surface area contributed by atoms with Crippen molar-refractivity contribution >= 4 is 11.6 Å². The number of nitrogens with two attached hydrogens (primary N) is 1. The number of rotatable bonds is 4. The molecule has 0 radical (unpaired) electrons. The van der Waals surface area contributed by atoms with Crippen molar-refractivity contribution in [3.05, 3.63) is 64.4 Å². The molecule has 0 aliphatic carbocycles. The minimum absolute atomic E-state index is 0.206. The third-order valence-electron chi connectivity index (χ3n) is 2.76. The standard InChI is InChI=1S/C15H15ClFNO/c1-10(18)13-6-3-7-14(17)15(13)19-9-11-4-2-5-12(16)8-11/h2-8,10H,9,18H2,1H3. The zero-order valence-corrected chi connectivity index (χ0v) is 11.3. The van der Waals surface area contributed by atoms with E-state index in [1.54, 1.807) is 31.2 Å². The van der Waals surface area contributed by atoms with Crippen molar-refractivity contribution in [1.29, 1.82) is 0 Å². The van der Waals surface area contributed by atoms with Crippen LogP contribution in [0.25, 0.3) is 0 Å². The summed E-state index contributed by atoms with van der Waals surface area (Å²) in [6.45, 7) is 2.04. The van der Waals surface area contributed by atoms with Crippen LogP contribution in [0.3, 0.4) is 0 Å². The first-order chi connectivity index (χ1) is 9.08. The lowest BCUT2D eigenvalue weighted by atomic mass is 10.1. The summed E-state index contributed by atoms with van der Waals surface area (Å²) in [5.41, 5.74) is 7.34. The minimum atomic E-state index is -0.406. The number of halogens is 2. The van der Waals surface area contributed by atoms with Gasteiger partial charge in [-0.1, -0.05) is 35.9 Å². The maximum absolute atomic E-state index is 13.8. The van der Waals surface area contributed by atoms with E-state index in [-0.39, 0.29) is 18.4 Å². The first-order valence-electron chi connectivity index (χ1n) is 5.99. The smallest absolute Gasteiger partial charge is 0.165 e. The molecular weight excluding hydrogens is 265 g/mol. The molecule has 4 heteroatoms. The van der Waals surface area contributed by atoms with E-state index in [9.17, 15) is 4.39 Å². The van der Waals surface area contributed by atoms with Crippen LogP contribution < -0.4 is 10.5 Å². The van der Waals surface area contributed by atoms with Gasteiger partial charge < -0.3 is 10.5 Å². The number of ether oxygens (including phenoxy) is 1. The fourth-order valence-electron chi connectivity index (χ4n) is 1.82. The average molecular weight is 280 g/mol. The fraction of sp³-hybridized carbons (Fsp3) is 0.200. The largest absolute Gasteiger partial charge is 0.485 e. The molecule has 2 rings (SSSR count). The lowest BCUT2D eigenvalue weighted by molar-refractivity contribution is 0.285. The molecule has 1 atom stereocenters. The summed E-state index contributed by atoms with van der Waals surface area (Å²) >= 11 is 5.89. The molecule has 0 saturated heterocycles. The molecule has 19 heavy (non-hydrogen) atoms. The third kappa shape index (κ3) is 3.46. The Labute approximate surface area is 117 Å². The Bertz CT molecular complexity index is 572. The third-order valence-corrected chi connectivity index (χ3v) is 3.00. The molecular formula is C15H15ClFNO. The van der Waals surface area contributed by atoms with Crippen LogP contribution in [0, 0.1) is 5.82 Å². The minimum Gasteiger partial charge on any atom is -0.485 e. The van der Waals surface area contributed by atoms with Crippen LogP contribution in [-0.4, -0.2) is 0 Å². The monoisotopic (exact) mass is 279 g/mol. The van der Waals surface area contributed by atoms with Gasteiger partial charge in [0.2, 0.25) is 0 Å². The molecule has 2 aromatic rings. The molecule has 1 unspecified atom stereocenters. The lowest BCUT2D eigenvalue weighted by Gasteiger charge is -2.14. The number of benzene rings is 2. The Morgan fingerprint density at radius 1 is 1.26 bits per heavy atom. The molecule has 0 aliphatic heterocycles. The Balaban J connectivity index is 2.19. The zero-order chi connectivity index (χ0) is 13.8. The molecule has 0 saturated carbocycles. The van der Waals surface area contributed by atoms with E-state index in [0.717, 1.165) is 5.56 Å². The molecule has 0 fully saturated rings. The van der Waals surface area contributed by atoms with E-state index < -0.39 is 5.82 Å². The number of hydrogen-bond donors (Lipinski definition) is 1. The first kappa shape index (κ1) is 13.8. The van der Waals surface area contributed by atoms with E-state index in [1.165, 1.54) is 6.07 Å². The highest BCUT2D eigenvalue weighted by atomic mass is 35.5. The molecule has 0 spiro atoms. The highest BCUT2D eigenvalue weighted by Crippen LogP contribution is 2.28. The van der Waals surface area contributed by atoms with Crippen molar-refractivity contribution in [3.8, 4) is 5.75 Å². The van der Waals surface area contributed by atoms with Crippen molar-refractivity contribution < 1.29 is 9.13 Å². The quantitative estimate of drug-likeness (QED) is 0.915. The van der Waals surface area contributed by atoms with Crippen LogP contribution in [0.4, 0.5) is 4.39 Å².